The summed E-state index contributed by atoms with van der Waals surface area (Å²) in [6, 6.07) is 12.0. The maximum Gasteiger partial charge on any atom is 0.302 e. The van der Waals surface area contributed by atoms with Crippen LogP contribution in [0.1, 0.15) is 63.6 Å². The molecule has 0 N–H and O–H groups in total. The van der Waals surface area contributed by atoms with Crippen LogP contribution in [0, 0.1) is 29.1 Å². The monoisotopic (exact) mass is 568 g/mol. The van der Waals surface area contributed by atoms with E-state index in [0.29, 0.717) is 11.1 Å². The molecule has 0 radical (unpaired) electrons. The number of para-hydroxylation sites is 1. The van der Waals surface area contributed by atoms with Crippen molar-refractivity contribution < 1.29 is 23.9 Å². The van der Waals surface area contributed by atoms with Gasteiger partial charge in [0.2, 0.25) is 0 Å². The Kier molecular flexibility index (Phi) is 7.58. The lowest BCUT2D eigenvalue weighted by Crippen LogP contribution is -2.49. The number of aromatic nitrogens is 2. The molecule has 0 spiro atoms. The van der Waals surface area contributed by atoms with E-state index in [9.17, 15) is 19.6 Å². The Hall–Kier alpha value is -4.03. The van der Waals surface area contributed by atoms with Gasteiger partial charge in [-0.1, -0.05) is 18.2 Å². The van der Waals surface area contributed by atoms with Gasteiger partial charge >= 0.3 is 5.97 Å². The lowest BCUT2D eigenvalue weighted by Gasteiger charge is -2.56. The molecule has 4 aliphatic carbocycles. The molecule has 5 aliphatic rings. The number of esters is 1. The standard InChI is InChI=1S/C33H36N4O5/c1-21-28(31(39)36(32(40)29(21)19-34)8-9-41-10-11-42-22(2)38)15-26-20-37(27-6-4-3-5-7-27)35-30(26)33-16-23-12-24(17-33)14-25(13-23)18-33/h3-7,15,20,23-25H,8-14,16-18H2,1-2H3/b28-15+. The minimum Gasteiger partial charge on any atom is -0.463 e. The molecular formula is C33H36N4O5. The topological polar surface area (TPSA) is 115 Å². The third kappa shape index (κ3) is 5.20. The van der Waals surface area contributed by atoms with Gasteiger partial charge in [0.15, 0.2) is 0 Å². The van der Waals surface area contributed by atoms with Gasteiger partial charge < -0.3 is 9.47 Å². The van der Waals surface area contributed by atoms with Gasteiger partial charge in [-0.15, -0.1) is 0 Å². The number of rotatable bonds is 9. The lowest BCUT2D eigenvalue weighted by atomic mass is 9.48. The molecule has 1 aromatic heterocycles. The van der Waals surface area contributed by atoms with Crippen LogP contribution in [-0.4, -0.2) is 58.8 Å². The smallest absolute Gasteiger partial charge is 0.302 e. The predicted octanol–water partition coefficient (Wildman–Crippen LogP) is 4.51. The van der Waals surface area contributed by atoms with Gasteiger partial charge in [0.05, 0.1) is 31.1 Å². The first-order valence-electron chi connectivity index (χ1n) is 14.8. The summed E-state index contributed by atoms with van der Waals surface area (Å²) in [5.41, 5.74) is 3.46. The highest BCUT2D eigenvalue weighted by Gasteiger charge is 2.53. The molecule has 42 heavy (non-hydrogen) atoms. The van der Waals surface area contributed by atoms with Crippen LogP contribution in [0.15, 0.2) is 53.2 Å². The van der Waals surface area contributed by atoms with Gasteiger partial charge in [0, 0.05) is 29.7 Å². The fraction of sp³-hybridized carbons (Fsp3) is 0.485. The van der Waals surface area contributed by atoms with E-state index in [1.54, 1.807) is 6.92 Å². The highest BCUT2D eigenvalue weighted by Crippen LogP contribution is 2.61. The lowest BCUT2D eigenvalue weighted by molar-refractivity contribution is -0.142. The molecule has 0 unspecified atom stereocenters. The Morgan fingerprint density at radius 1 is 1.05 bits per heavy atom. The van der Waals surface area contributed by atoms with E-state index >= 15 is 0 Å². The van der Waals surface area contributed by atoms with Crippen molar-refractivity contribution in [3.05, 3.63) is 64.5 Å². The Labute approximate surface area is 245 Å². The second kappa shape index (κ2) is 11.3. The van der Waals surface area contributed by atoms with E-state index in [4.69, 9.17) is 14.6 Å². The zero-order valence-electron chi connectivity index (χ0n) is 24.2. The number of hydrogen-bond donors (Lipinski definition) is 0. The van der Waals surface area contributed by atoms with Crippen LogP contribution in [0.2, 0.25) is 0 Å². The number of hydrogen-bond acceptors (Lipinski definition) is 7. The molecule has 1 aliphatic heterocycles. The molecule has 2 heterocycles. The second-order valence-electron chi connectivity index (χ2n) is 12.3. The van der Waals surface area contributed by atoms with E-state index in [1.807, 2.05) is 53.4 Å². The van der Waals surface area contributed by atoms with Crippen molar-refractivity contribution in [1.29, 1.82) is 5.26 Å². The van der Waals surface area contributed by atoms with Crippen LogP contribution in [0.5, 0.6) is 0 Å². The van der Waals surface area contributed by atoms with Gasteiger partial charge in [-0.05, 0) is 87.0 Å². The third-order valence-electron chi connectivity index (χ3n) is 9.42. The van der Waals surface area contributed by atoms with Gasteiger partial charge in [-0.25, -0.2) is 4.68 Å². The van der Waals surface area contributed by atoms with Crippen LogP contribution >= 0.6 is 0 Å². The van der Waals surface area contributed by atoms with Crippen LogP contribution < -0.4 is 0 Å². The van der Waals surface area contributed by atoms with E-state index in [0.717, 1.165) is 58.9 Å². The SMILES string of the molecule is CC(=O)OCCOCCN1C(=O)C(C#N)=C(C)/C(=C\c2cn(-c3ccccc3)nc2C23CC4CC(CC(C4)C2)C3)C1=O. The van der Waals surface area contributed by atoms with Crippen molar-refractivity contribution in [2.75, 3.05) is 26.4 Å². The van der Waals surface area contributed by atoms with E-state index in [-0.39, 0.29) is 37.4 Å². The Morgan fingerprint density at radius 2 is 1.71 bits per heavy atom. The maximum absolute atomic E-state index is 13.8. The van der Waals surface area contributed by atoms with Gasteiger partial charge in [0.25, 0.3) is 11.8 Å². The Balaban J connectivity index is 1.36. The summed E-state index contributed by atoms with van der Waals surface area (Å²) in [5, 5.41) is 15.1. The van der Waals surface area contributed by atoms with Crippen molar-refractivity contribution in [2.45, 2.75) is 57.8 Å². The largest absolute Gasteiger partial charge is 0.463 e. The summed E-state index contributed by atoms with van der Waals surface area (Å²) < 4.78 is 12.2. The van der Waals surface area contributed by atoms with Crippen LogP contribution in [0.3, 0.4) is 0 Å². The molecule has 2 aromatic rings. The van der Waals surface area contributed by atoms with Gasteiger partial charge in [-0.2, -0.15) is 10.4 Å². The zero-order chi connectivity index (χ0) is 29.4. The van der Waals surface area contributed by atoms with Crippen molar-refractivity contribution >= 4 is 23.9 Å². The first-order valence-corrected chi connectivity index (χ1v) is 14.8. The van der Waals surface area contributed by atoms with Crippen LogP contribution in [0.25, 0.3) is 11.8 Å². The quantitative estimate of drug-likeness (QED) is 0.189. The van der Waals surface area contributed by atoms with E-state index in [2.05, 4.69) is 0 Å². The molecule has 4 saturated carbocycles. The van der Waals surface area contributed by atoms with Crippen LogP contribution in [0.4, 0.5) is 0 Å². The highest BCUT2D eigenvalue weighted by molar-refractivity contribution is 6.19. The number of carbonyl (C=O) groups excluding carboxylic acids is 3. The number of imide groups is 1. The summed E-state index contributed by atoms with van der Waals surface area (Å²) in [4.78, 5) is 39.0. The molecule has 7 rings (SSSR count). The minimum absolute atomic E-state index is 0.0152. The molecule has 9 heteroatoms. The fourth-order valence-electron chi connectivity index (χ4n) is 8.01. The molecule has 4 bridgehead atoms. The highest BCUT2D eigenvalue weighted by atomic mass is 16.6. The third-order valence-corrected chi connectivity index (χ3v) is 9.42. The van der Waals surface area contributed by atoms with Crippen LogP contribution in [-0.2, 0) is 29.3 Å². The summed E-state index contributed by atoms with van der Waals surface area (Å²) >= 11 is 0. The van der Waals surface area contributed by atoms with Crippen molar-refractivity contribution in [1.82, 2.24) is 14.7 Å². The van der Waals surface area contributed by atoms with E-state index < -0.39 is 17.8 Å². The molecule has 4 fully saturated rings. The number of carbonyl (C=O) groups is 3. The Morgan fingerprint density at radius 3 is 2.33 bits per heavy atom. The summed E-state index contributed by atoms with van der Waals surface area (Å²) in [6.07, 6.45) is 11.1. The summed E-state index contributed by atoms with van der Waals surface area (Å²) in [7, 11) is 0. The fourth-order valence-corrected chi connectivity index (χ4v) is 8.01. The number of ether oxygens (including phenoxy) is 2. The average Bonchev–Trinajstić information content (AvgIpc) is 3.39. The van der Waals surface area contributed by atoms with Crippen molar-refractivity contribution in [3.63, 3.8) is 0 Å². The minimum atomic E-state index is -0.623. The van der Waals surface area contributed by atoms with Gasteiger partial charge in [-0.3, -0.25) is 19.3 Å². The number of nitriles is 1. The molecule has 9 nitrogen and oxygen atoms in total. The van der Waals surface area contributed by atoms with E-state index in [1.165, 1.54) is 26.2 Å². The van der Waals surface area contributed by atoms with Gasteiger partial charge in [0.1, 0.15) is 18.2 Å². The Bertz CT molecular complexity index is 1480. The second-order valence-corrected chi connectivity index (χ2v) is 12.3. The zero-order valence-corrected chi connectivity index (χ0v) is 24.2. The predicted molar refractivity (Wildman–Crippen MR) is 154 cm³/mol. The molecule has 0 atom stereocenters. The molecule has 218 valence electrons. The first kappa shape index (κ1) is 28.1. The molecule has 0 saturated heterocycles. The summed E-state index contributed by atoms with van der Waals surface area (Å²) in [6.45, 7) is 3.26. The number of nitrogens with zero attached hydrogens (tertiary/aromatic N) is 4. The first-order chi connectivity index (χ1) is 20.3. The molecular weight excluding hydrogens is 532 g/mol. The maximum atomic E-state index is 13.8. The summed E-state index contributed by atoms with van der Waals surface area (Å²) in [5.74, 6) is 0.672. The number of benzene rings is 1. The van der Waals surface area contributed by atoms with Crippen molar-refractivity contribution in [3.8, 4) is 11.8 Å². The molecule has 2 amide bonds. The normalized spacial score (nSPS) is 27.6. The number of amides is 2. The molecule has 1 aromatic carbocycles. The van der Waals surface area contributed by atoms with Crippen molar-refractivity contribution in [2.24, 2.45) is 17.8 Å². The average molecular weight is 569 g/mol.